The Labute approximate surface area is 157 Å². The number of aromatic amines is 1. The van der Waals surface area contributed by atoms with Gasteiger partial charge in [0, 0.05) is 36.7 Å². The fourth-order valence-corrected chi connectivity index (χ4v) is 3.87. The van der Waals surface area contributed by atoms with Crippen LogP contribution in [0, 0.1) is 12.7 Å². The maximum absolute atomic E-state index is 13.6. The van der Waals surface area contributed by atoms with E-state index in [1.807, 2.05) is 6.92 Å². The molecule has 0 bridgehead atoms. The lowest BCUT2D eigenvalue weighted by Crippen LogP contribution is -2.33. The highest BCUT2D eigenvalue weighted by Gasteiger charge is 2.29. The summed E-state index contributed by atoms with van der Waals surface area (Å²) in [5.74, 6) is 1.16. The smallest absolute Gasteiger partial charge is 0.244 e. The van der Waals surface area contributed by atoms with Crippen LogP contribution in [0.1, 0.15) is 48.3 Å². The predicted octanol–water partition coefficient (Wildman–Crippen LogP) is 3.91. The third kappa shape index (κ3) is 3.75. The zero-order valence-corrected chi connectivity index (χ0v) is 15.8. The first-order chi connectivity index (χ1) is 13.2. The minimum atomic E-state index is -0.207. The van der Waals surface area contributed by atoms with Gasteiger partial charge in [-0.3, -0.25) is 4.90 Å². The molecule has 6 nitrogen and oxygen atoms in total. The molecular weight excluding hydrogens is 347 g/mol. The first-order valence-electron chi connectivity index (χ1n) is 9.48. The number of fused-ring (bicyclic) bond motifs is 1. The average Bonchev–Trinajstić information content (AvgIpc) is 3.26. The standard InChI is InChI=1S/C20H25FN4O2/c1-13-15-11-14(21)6-7-16(15)22-17(13)12-25-9-4-3-5-18(25)20-23-19(24-27-20)8-10-26-2/h6-7,11,18,22H,3-5,8-10,12H2,1-2H3/t18-/m0/s1. The molecule has 3 heterocycles. The molecule has 1 N–H and O–H groups in total. The Morgan fingerprint density at radius 1 is 1.37 bits per heavy atom. The van der Waals surface area contributed by atoms with Crippen molar-refractivity contribution in [2.24, 2.45) is 0 Å². The van der Waals surface area contributed by atoms with Crippen LogP contribution in [0.4, 0.5) is 4.39 Å². The van der Waals surface area contributed by atoms with Crippen molar-refractivity contribution < 1.29 is 13.7 Å². The Bertz CT molecular complexity index is 920. The molecular formula is C20H25FN4O2. The molecule has 4 rings (SSSR count). The summed E-state index contributed by atoms with van der Waals surface area (Å²) in [6.45, 7) is 4.35. The van der Waals surface area contributed by atoms with E-state index >= 15 is 0 Å². The SMILES string of the molecule is COCCc1noc([C@@H]2CCCCN2Cc2[nH]c3ccc(F)cc3c2C)n1. The summed E-state index contributed by atoms with van der Waals surface area (Å²) >= 11 is 0. The molecule has 27 heavy (non-hydrogen) atoms. The van der Waals surface area contributed by atoms with Gasteiger partial charge in [0.25, 0.3) is 0 Å². The van der Waals surface area contributed by atoms with Crippen LogP contribution in [0.2, 0.25) is 0 Å². The highest BCUT2D eigenvalue weighted by molar-refractivity contribution is 5.84. The van der Waals surface area contributed by atoms with E-state index in [1.165, 1.54) is 6.07 Å². The van der Waals surface area contributed by atoms with E-state index in [9.17, 15) is 4.39 Å². The molecule has 3 aromatic rings. The van der Waals surface area contributed by atoms with Gasteiger partial charge < -0.3 is 14.2 Å². The van der Waals surface area contributed by atoms with Crippen LogP contribution < -0.4 is 0 Å². The maximum Gasteiger partial charge on any atom is 0.244 e. The van der Waals surface area contributed by atoms with E-state index in [0.717, 1.165) is 54.5 Å². The number of H-pyrrole nitrogens is 1. The second kappa shape index (κ2) is 7.78. The fraction of sp³-hybridized carbons (Fsp3) is 0.500. The van der Waals surface area contributed by atoms with E-state index in [1.54, 1.807) is 19.2 Å². The van der Waals surface area contributed by atoms with Crippen molar-refractivity contribution in [3.63, 3.8) is 0 Å². The van der Waals surface area contributed by atoms with E-state index in [2.05, 4.69) is 20.0 Å². The summed E-state index contributed by atoms with van der Waals surface area (Å²) < 4.78 is 24.2. The minimum absolute atomic E-state index is 0.116. The van der Waals surface area contributed by atoms with Gasteiger partial charge in [-0.15, -0.1) is 0 Å². The molecule has 1 aliphatic rings. The van der Waals surface area contributed by atoms with Gasteiger partial charge in [0.05, 0.1) is 12.6 Å². The van der Waals surface area contributed by atoms with Gasteiger partial charge in [-0.2, -0.15) is 4.98 Å². The molecule has 0 amide bonds. The molecule has 0 aliphatic carbocycles. The van der Waals surface area contributed by atoms with E-state index in [-0.39, 0.29) is 11.9 Å². The number of nitrogens with one attached hydrogen (secondary N) is 1. The molecule has 0 spiro atoms. The van der Waals surface area contributed by atoms with Gasteiger partial charge in [-0.1, -0.05) is 11.6 Å². The summed E-state index contributed by atoms with van der Waals surface area (Å²) in [5, 5.41) is 5.03. The van der Waals surface area contributed by atoms with Gasteiger partial charge in [0.2, 0.25) is 5.89 Å². The van der Waals surface area contributed by atoms with Crippen molar-refractivity contribution in [1.29, 1.82) is 0 Å². The Hall–Kier alpha value is -2.25. The van der Waals surface area contributed by atoms with Crippen LogP contribution >= 0.6 is 0 Å². The third-order valence-corrected chi connectivity index (χ3v) is 5.40. The molecule has 1 saturated heterocycles. The van der Waals surface area contributed by atoms with E-state index in [4.69, 9.17) is 9.26 Å². The lowest BCUT2D eigenvalue weighted by Gasteiger charge is -2.33. The number of rotatable bonds is 6. The topological polar surface area (TPSA) is 67.2 Å². The van der Waals surface area contributed by atoms with Crippen LogP contribution in [0.5, 0.6) is 0 Å². The third-order valence-electron chi connectivity index (χ3n) is 5.40. The van der Waals surface area contributed by atoms with Gasteiger partial charge in [0.15, 0.2) is 5.82 Å². The summed E-state index contributed by atoms with van der Waals surface area (Å²) in [7, 11) is 1.67. The van der Waals surface area contributed by atoms with Crippen molar-refractivity contribution >= 4 is 10.9 Å². The largest absolute Gasteiger partial charge is 0.384 e. The number of likely N-dealkylation sites (tertiary alicyclic amines) is 1. The summed E-state index contributed by atoms with van der Waals surface area (Å²) in [4.78, 5) is 10.4. The summed E-state index contributed by atoms with van der Waals surface area (Å²) in [5.41, 5.74) is 3.18. The van der Waals surface area contributed by atoms with E-state index in [0.29, 0.717) is 24.7 Å². The number of halogens is 1. The lowest BCUT2D eigenvalue weighted by molar-refractivity contribution is 0.110. The van der Waals surface area contributed by atoms with Crippen molar-refractivity contribution in [3.8, 4) is 0 Å². The van der Waals surface area contributed by atoms with Crippen LogP contribution in [0.3, 0.4) is 0 Å². The Balaban J connectivity index is 1.56. The lowest BCUT2D eigenvalue weighted by atomic mass is 10.0. The number of methoxy groups -OCH3 is 1. The normalized spacial score (nSPS) is 18.4. The second-order valence-electron chi connectivity index (χ2n) is 7.19. The zero-order chi connectivity index (χ0) is 18.8. The number of nitrogens with zero attached hydrogens (tertiary/aromatic N) is 3. The molecule has 1 aliphatic heterocycles. The number of hydrogen-bond donors (Lipinski definition) is 1. The molecule has 1 aromatic carbocycles. The van der Waals surface area contributed by atoms with Crippen molar-refractivity contribution in [2.75, 3.05) is 20.3 Å². The van der Waals surface area contributed by atoms with Crippen molar-refractivity contribution in [2.45, 2.75) is 45.2 Å². The average molecular weight is 372 g/mol. The van der Waals surface area contributed by atoms with Crippen molar-refractivity contribution in [3.05, 3.63) is 47.0 Å². The monoisotopic (exact) mass is 372 g/mol. The number of hydrogen-bond acceptors (Lipinski definition) is 5. The van der Waals surface area contributed by atoms with E-state index < -0.39 is 0 Å². The van der Waals surface area contributed by atoms with Crippen LogP contribution in [0.25, 0.3) is 10.9 Å². The Kier molecular flexibility index (Phi) is 5.22. The minimum Gasteiger partial charge on any atom is -0.384 e. The molecule has 1 atom stereocenters. The van der Waals surface area contributed by atoms with Gasteiger partial charge in [-0.05, 0) is 50.1 Å². The molecule has 7 heteroatoms. The number of aryl methyl sites for hydroxylation is 1. The van der Waals surface area contributed by atoms with Crippen LogP contribution in [-0.4, -0.2) is 40.3 Å². The number of aromatic nitrogens is 3. The van der Waals surface area contributed by atoms with Crippen LogP contribution in [-0.2, 0) is 17.7 Å². The molecule has 0 unspecified atom stereocenters. The zero-order valence-electron chi connectivity index (χ0n) is 15.8. The Morgan fingerprint density at radius 2 is 2.26 bits per heavy atom. The number of piperidine rings is 1. The maximum atomic E-state index is 13.6. The summed E-state index contributed by atoms with van der Waals surface area (Å²) in [6, 6.07) is 5.00. The molecule has 1 fully saturated rings. The molecule has 0 radical (unpaired) electrons. The van der Waals surface area contributed by atoms with Gasteiger partial charge in [-0.25, -0.2) is 4.39 Å². The highest BCUT2D eigenvalue weighted by Crippen LogP contribution is 2.33. The van der Waals surface area contributed by atoms with Gasteiger partial charge >= 0.3 is 0 Å². The quantitative estimate of drug-likeness (QED) is 0.710. The number of benzene rings is 1. The first kappa shape index (κ1) is 18.1. The fourth-order valence-electron chi connectivity index (χ4n) is 3.87. The first-order valence-corrected chi connectivity index (χ1v) is 9.48. The molecule has 2 aromatic heterocycles. The molecule has 0 saturated carbocycles. The second-order valence-corrected chi connectivity index (χ2v) is 7.19. The van der Waals surface area contributed by atoms with Gasteiger partial charge in [0.1, 0.15) is 5.82 Å². The van der Waals surface area contributed by atoms with Crippen molar-refractivity contribution in [1.82, 2.24) is 20.0 Å². The Morgan fingerprint density at radius 3 is 3.11 bits per heavy atom. The number of ether oxygens (including phenoxy) is 1. The highest BCUT2D eigenvalue weighted by atomic mass is 19.1. The molecule has 144 valence electrons. The summed E-state index contributed by atoms with van der Waals surface area (Å²) in [6.07, 6.45) is 3.95. The van der Waals surface area contributed by atoms with Crippen LogP contribution in [0.15, 0.2) is 22.7 Å². The predicted molar refractivity (Wildman–Crippen MR) is 99.9 cm³/mol.